The fraction of sp³-hybridized carbons (Fsp3) is 0.286. The summed E-state index contributed by atoms with van der Waals surface area (Å²) in [6, 6.07) is 12.2. The number of aliphatic hydroxyl groups is 1. The normalized spacial score (nSPS) is 11.9. The number of hydrogen-bond acceptors (Lipinski definition) is 4. The fourth-order valence-electron chi connectivity index (χ4n) is 1.85. The number of sulfonamides is 1. The number of hydrogen-bond donors (Lipinski definition) is 1. The Labute approximate surface area is 123 Å². The summed E-state index contributed by atoms with van der Waals surface area (Å²) >= 11 is 1.53. The standard InChI is InChI=1S/C14H17NO3S2/c16-10-5-9-15(12-13-6-4-11-19-13)20(17,18)14-7-2-1-3-8-14/h1-4,6-8,11,16H,5,9-10,12H2. The minimum atomic E-state index is -3.52. The van der Waals surface area contributed by atoms with Gasteiger partial charge in [0.25, 0.3) is 0 Å². The molecular weight excluding hydrogens is 294 g/mol. The molecule has 0 bridgehead atoms. The molecule has 1 heterocycles. The van der Waals surface area contributed by atoms with Crippen molar-refractivity contribution in [1.29, 1.82) is 0 Å². The molecule has 0 spiro atoms. The van der Waals surface area contributed by atoms with Gasteiger partial charge < -0.3 is 5.11 Å². The van der Waals surface area contributed by atoms with Gasteiger partial charge in [-0.05, 0) is 30.0 Å². The van der Waals surface area contributed by atoms with Crippen LogP contribution >= 0.6 is 11.3 Å². The first-order chi connectivity index (χ1) is 9.64. The van der Waals surface area contributed by atoms with Crippen LogP contribution in [0.3, 0.4) is 0 Å². The van der Waals surface area contributed by atoms with Gasteiger partial charge in [-0.3, -0.25) is 0 Å². The first-order valence-corrected chi connectivity index (χ1v) is 8.65. The van der Waals surface area contributed by atoms with Crippen molar-refractivity contribution in [2.75, 3.05) is 13.2 Å². The molecular formula is C14H17NO3S2. The monoisotopic (exact) mass is 311 g/mol. The third kappa shape index (κ3) is 3.67. The third-order valence-electron chi connectivity index (χ3n) is 2.86. The molecule has 1 aromatic carbocycles. The van der Waals surface area contributed by atoms with Gasteiger partial charge in [0.05, 0.1) is 4.90 Å². The summed E-state index contributed by atoms with van der Waals surface area (Å²) in [4.78, 5) is 1.27. The lowest BCUT2D eigenvalue weighted by molar-refractivity contribution is 0.268. The van der Waals surface area contributed by atoms with E-state index in [4.69, 9.17) is 5.11 Å². The third-order valence-corrected chi connectivity index (χ3v) is 5.58. The van der Waals surface area contributed by atoms with Crippen LogP contribution in [0.2, 0.25) is 0 Å². The molecule has 0 saturated carbocycles. The molecule has 0 saturated heterocycles. The smallest absolute Gasteiger partial charge is 0.243 e. The molecule has 0 amide bonds. The van der Waals surface area contributed by atoms with E-state index in [9.17, 15) is 8.42 Å². The highest BCUT2D eigenvalue weighted by Gasteiger charge is 2.24. The average molecular weight is 311 g/mol. The Hall–Kier alpha value is -1.21. The Morgan fingerprint density at radius 3 is 2.45 bits per heavy atom. The van der Waals surface area contributed by atoms with E-state index in [0.717, 1.165) is 4.88 Å². The molecule has 1 aromatic heterocycles. The maximum absolute atomic E-state index is 12.6. The summed E-state index contributed by atoms with van der Waals surface area (Å²) in [6.07, 6.45) is 0.428. The molecule has 2 rings (SSSR count). The molecule has 108 valence electrons. The number of benzene rings is 1. The molecule has 0 radical (unpaired) electrons. The van der Waals surface area contributed by atoms with Crippen molar-refractivity contribution in [3.05, 3.63) is 52.7 Å². The van der Waals surface area contributed by atoms with Crippen molar-refractivity contribution >= 4 is 21.4 Å². The number of rotatable bonds is 7. The topological polar surface area (TPSA) is 57.6 Å². The summed E-state index contributed by atoms with van der Waals surface area (Å²) in [5, 5.41) is 10.9. The van der Waals surface area contributed by atoms with E-state index in [1.807, 2.05) is 17.5 Å². The SMILES string of the molecule is O=S(=O)(c1ccccc1)N(CCCO)Cc1cccs1. The maximum atomic E-state index is 12.6. The molecule has 2 aromatic rings. The first kappa shape index (κ1) is 15.2. The highest BCUT2D eigenvalue weighted by molar-refractivity contribution is 7.89. The molecule has 6 heteroatoms. The fourth-order valence-corrected chi connectivity index (χ4v) is 4.13. The quantitative estimate of drug-likeness (QED) is 0.854. The lowest BCUT2D eigenvalue weighted by Gasteiger charge is -2.21. The van der Waals surface area contributed by atoms with Gasteiger partial charge in [-0.25, -0.2) is 8.42 Å². The van der Waals surface area contributed by atoms with E-state index in [0.29, 0.717) is 19.5 Å². The van der Waals surface area contributed by atoms with E-state index >= 15 is 0 Å². The van der Waals surface area contributed by atoms with E-state index in [1.165, 1.54) is 15.6 Å². The Kier molecular flexibility index (Phi) is 5.31. The van der Waals surface area contributed by atoms with E-state index in [1.54, 1.807) is 30.3 Å². The predicted octanol–water partition coefficient (Wildman–Crippen LogP) is 2.32. The van der Waals surface area contributed by atoms with Gasteiger partial charge in [-0.2, -0.15) is 4.31 Å². The summed E-state index contributed by atoms with van der Waals surface area (Å²) in [5.74, 6) is 0. The van der Waals surface area contributed by atoms with Gasteiger partial charge in [0.2, 0.25) is 10.0 Å². The van der Waals surface area contributed by atoms with Gasteiger partial charge in [0, 0.05) is 24.6 Å². The molecule has 0 aliphatic rings. The lowest BCUT2D eigenvalue weighted by Crippen LogP contribution is -2.31. The predicted molar refractivity (Wildman–Crippen MR) is 80.1 cm³/mol. The van der Waals surface area contributed by atoms with Crippen molar-refractivity contribution in [2.24, 2.45) is 0 Å². The van der Waals surface area contributed by atoms with Crippen LogP contribution in [-0.2, 0) is 16.6 Å². The van der Waals surface area contributed by atoms with Crippen molar-refractivity contribution in [2.45, 2.75) is 17.9 Å². The average Bonchev–Trinajstić information content (AvgIpc) is 2.97. The zero-order chi connectivity index (χ0) is 14.4. The zero-order valence-electron chi connectivity index (χ0n) is 11.0. The van der Waals surface area contributed by atoms with Gasteiger partial charge in [0.15, 0.2) is 0 Å². The zero-order valence-corrected chi connectivity index (χ0v) is 12.6. The van der Waals surface area contributed by atoms with Crippen molar-refractivity contribution in [3.8, 4) is 0 Å². The van der Waals surface area contributed by atoms with Crippen LogP contribution in [0.15, 0.2) is 52.7 Å². The molecule has 0 aliphatic heterocycles. The highest BCUT2D eigenvalue weighted by atomic mass is 32.2. The van der Waals surface area contributed by atoms with Crippen molar-refractivity contribution < 1.29 is 13.5 Å². The van der Waals surface area contributed by atoms with Gasteiger partial charge >= 0.3 is 0 Å². The first-order valence-electron chi connectivity index (χ1n) is 6.33. The van der Waals surface area contributed by atoms with Gasteiger partial charge in [0.1, 0.15) is 0 Å². The Balaban J connectivity index is 2.25. The minimum Gasteiger partial charge on any atom is -0.396 e. The molecule has 0 aliphatic carbocycles. The largest absolute Gasteiger partial charge is 0.396 e. The van der Waals surface area contributed by atoms with Crippen LogP contribution in [0.25, 0.3) is 0 Å². The molecule has 20 heavy (non-hydrogen) atoms. The summed E-state index contributed by atoms with van der Waals surface area (Å²) < 4.78 is 26.6. The Morgan fingerprint density at radius 2 is 1.85 bits per heavy atom. The molecule has 1 N–H and O–H groups in total. The van der Waals surface area contributed by atoms with E-state index < -0.39 is 10.0 Å². The van der Waals surface area contributed by atoms with Crippen molar-refractivity contribution in [1.82, 2.24) is 4.31 Å². The minimum absolute atomic E-state index is 0.0226. The highest BCUT2D eigenvalue weighted by Crippen LogP contribution is 2.20. The second-order valence-corrected chi connectivity index (χ2v) is 7.28. The van der Waals surface area contributed by atoms with Crippen LogP contribution in [0.1, 0.15) is 11.3 Å². The number of aliphatic hydroxyl groups excluding tert-OH is 1. The van der Waals surface area contributed by atoms with Gasteiger partial charge in [-0.1, -0.05) is 24.3 Å². The summed E-state index contributed by atoms with van der Waals surface area (Å²) in [5.41, 5.74) is 0. The Bertz CT molecular complexity index is 609. The van der Waals surface area contributed by atoms with E-state index in [2.05, 4.69) is 0 Å². The Morgan fingerprint density at radius 1 is 1.10 bits per heavy atom. The molecule has 0 unspecified atom stereocenters. The second kappa shape index (κ2) is 6.99. The summed E-state index contributed by atoms with van der Waals surface area (Å²) in [7, 11) is -3.52. The van der Waals surface area contributed by atoms with Crippen LogP contribution in [0.5, 0.6) is 0 Å². The van der Waals surface area contributed by atoms with Crippen LogP contribution < -0.4 is 0 Å². The number of nitrogens with zero attached hydrogens (tertiary/aromatic N) is 1. The van der Waals surface area contributed by atoms with Gasteiger partial charge in [-0.15, -0.1) is 11.3 Å². The van der Waals surface area contributed by atoms with Crippen LogP contribution in [0, 0.1) is 0 Å². The molecule has 0 fully saturated rings. The molecule has 4 nitrogen and oxygen atoms in total. The number of thiophene rings is 1. The maximum Gasteiger partial charge on any atom is 0.243 e. The molecule has 0 atom stereocenters. The van der Waals surface area contributed by atoms with Crippen molar-refractivity contribution in [3.63, 3.8) is 0 Å². The second-order valence-electron chi connectivity index (χ2n) is 4.31. The summed E-state index contributed by atoms with van der Waals surface area (Å²) in [6.45, 7) is 0.631. The van der Waals surface area contributed by atoms with Crippen LogP contribution in [0.4, 0.5) is 0 Å². The lowest BCUT2D eigenvalue weighted by atomic mass is 10.4. The van der Waals surface area contributed by atoms with Crippen LogP contribution in [-0.4, -0.2) is 31.0 Å². The van der Waals surface area contributed by atoms with E-state index in [-0.39, 0.29) is 11.5 Å².